The molecule has 40 heavy (non-hydrogen) atoms. The summed E-state index contributed by atoms with van der Waals surface area (Å²) in [6.07, 6.45) is 31.9. The Labute approximate surface area is 246 Å². The second-order valence-electron chi connectivity index (χ2n) is 11.4. The smallest absolute Gasteiger partial charge is 0.322 e. The number of ether oxygens (including phenoxy) is 1. The van der Waals surface area contributed by atoms with Gasteiger partial charge in [0.1, 0.15) is 12.6 Å². The second-order valence-corrected chi connectivity index (χ2v) is 11.4. The van der Waals surface area contributed by atoms with Crippen molar-refractivity contribution in [2.24, 2.45) is 0 Å². The molecule has 0 aliphatic carbocycles. The second kappa shape index (κ2) is 30.1. The van der Waals surface area contributed by atoms with Gasteiger partial charge in [0, 0.05) is 12.8 Å². The van der Waals surface area contributed by atoms with Crippen LogP contribution in [0.1, 0.15) is 174 Å². The van der Waals surface area contributed by atoms with Crippen LogP contribution in [-0.2, 0) is 19.1 Å². The SMILES string of the molecule is CCCCCCC/C=C\CCCCCCCC(=O)OC(CCCCCCC)CCCCCCC(=O)NCC(=O)O. The predicted molar refractivity (Wildman–Crippen MR) is 166 cm³/mol. The van der Waals surface area contributed by atoms with Crippen molar-refractivity contribution in [3.63, 3.8) is 0 Å². The fourth-order valence-corrected chi connectivity index (χ4v) is 4.92. The number of hydrogen-bond acceptors (Lipinski definition) is 4. The predicted octanol–water partition coefficient (Wildman–Crippen LogP) is 9.45. The molecule has 0 aromatic rings. The fraction of sp³-hybridized carbons (Fsp3) is 0.853. The molecular weight excluding hydrogens is 502 g/mol. The number of carboxylic acid groups (broad SMARTS) is 1. The van der Waals surface area contributed by atoms with E-state index in [-0.39, 0.29) is 24.5 Å². The van der Waals surface area contributed by atoms with Crippen LogP contribution in [0.5, 0.6) is 0 Å². The molecular formula is C34H63NO5. The molecule has 6 nitrogen and oxygen atoms in total. The minimum atomic E-state index is -1.02. The van der Waals surface area contributed by atoms with Crippen molar-refractivity contribution in [3.8, 4) is 0 Å². The summed E-state index contributed by atoms with van der Waals surface area (Å²) >= 11 is 0. The summed E-state index contributed by atoms with van der Waals surface area (Å²) in [6.45, 7) is 4.16. The van der Waals surface area contributed by atoms with Crippen molar-refractivity contribution in [2.75, 3.05) is 6.54 Å². The number of nitrogens with one attached hydrogen (secondary N) is 1. The third kappa shape index (κ3) is 29.1. The van der Waals surface area contributed by atoms with Gasteiger partial charge in [-0.1, -0.05) is 109 Å². The van der Waals surface area contributed by atoms with E-state index < -0.39 is 5.97 Å². The van der Waals surface area contributed by atoms with Gasteiger partial charge in [-0.3, -0.25) is 14.4 Å². The molecule has 0 radical (unpaired) electrons. The number of aliphatic carboxylic acids is 1. The monoisotopic (exact) mass is 565 g/mol. The molecule has 0 fully saturated rings. The molecule has 0 saturated heterocycles. The first-order valence-electron chi connectivity index (χ1n) is 16.8. The van der Waals surface area contributed by atoms with E-state index in [0.717, 1.165) is 57.8 Å². The number of rotatable bonds is 30. The lowest BCUT2D eigenvalue weighted by Gasteiger charge is -2.18. The van der Waals surface area contributed by atoms with E-state index in [1.54, 1.807) is 0 Å². The van der Waals surface area contributed by atoms with E-state index in [4.69, 9.17) is 9.84 Å². The highest BCUT2D eigenvalue weighted by molar-refractivity contribution is 5.80. The van der Waals surface area contributed by atoms with Crippen LogP contribution >= 0.6 is 0 Å². The maximum absolute atomic E-state index is 12.5. The highest BCUT2D eigenvalue weighted by Gasteiger charge is 2.14. The third-order valence-electron chi connectivity index (χ3n) is 7.44. The van der Waals surface area contributed by atoms with Crippen LogP contribution in [0.2, 0.25) is 0 Å². The van der Waals surface area contributed by atoms with Crippen LogP contribution in [0.15, 0.2) is 12.2 Å². The van der Waals surface area contributed by atoms with Gasteiger partial charge in [0.15, 0.2) is 0 Å². The summed E-state index contributed by atoms with van der Waals surface area (Å²) in [4.78, 5) is 34.6. The average molecular weight is 566 g/mol. The fourth-order valence-electron chi connectivity index (χ4n) is 4.92. The minimum Gasteiger partial charge on any atom is -0.480 e. The molecule has 0 bridgehead atoms. The highest BCUT2D eigenvalue weighted by Crippen LogP contribution is 2.18. The van der Waals surface area contributed by atoms with Gasteiger partial charge >= 0.3 is 11.9 Å². The largest absolute Gasteiger partial charge is 0.480 e. The molecule has 0 saturated carbocycles. The first kappa shape index (κ1) is 38.1. The molecule has 1 atom stereocenters. The van der Waals surface area contributed by atoms with Gasteiger partial charge in [-0.15, -0.1) is 0 Å². The number of amides is 1. The molecule has 1 amide bonds. The van der Waals surface area contributed by atoms with Crippen LogP contribution < -0.4 is 5.32 Å². The van der Waals surface area contributed by atoms with Gasteiger partial charge < -0.3 is 15.2 Å². The summed E-state index contributed by atoms with van der Waals surface area (Å²) < 4.78 is 5.90. The Morgan fingerprint density at radius 2 is 1.07 bits per heavy atom. The lowest BCUT2D eigenvalue weighted by Crippen LogP contribution is -2.28. The Morgan fingerprint density at radius 3 is 1.60 bits per heavy atom. The topological polar surface area (TPSA) is 92.7 Å². The zero-order chi connectivity index (χ0) is 29.5. The summed E-state index contributed by atoms with van der Waals surface area (Å²) in [7, 11) is 0. The van der Waals surface area contributed by atoms with E-state index in [2.05, 4.69) is 31.3 Å². The Morgan fingerprint density at radius 1 is 0.625 bits per heavy atom. The molecule has 6 heteroatoms. The van der Waals surface area contributed by atoms with E-state index in [9.17, 15) is 14.4 Å². The maximum Gasteiger partial charge on any atom is 0.322 e. The number of unbranched alkanes of at least 4 members (excludes halogenated alkanes) is 17. The molecule has 2 N–H and O–H groups in total. The molecule has 0 aliphatic rings. The number of hydrogen-bond donors (Lipinski definition) is 2. The lowest BCUT2D eigenvalue weighted by molar-refractivity contribution is -0.150. The molecule has 0 aliphatic heterocycles. The van der Waals surface area contributed by atoms with Gasteiger partial charge in [0.2, 0.25) is 5.91 Å². The Kier molecular flexibility index (Phi) is 28.7. The van der Waals surface area contributed by atoms with Crippen molar-refractivity contribution < 1.29 is 24.2 Å². The molecule has 0 rings (SSSR count). The van der Waals surface area contributed by atoms with Gasteiger partial charge in [-0.2, -0.15) is 0 Å². The molecule has 0 spiro atoms. The van der Waals surface area contributed by atoms with Crippen molar-refractivity contribution in [3.05, 3.63) is 12.2 Å². The standard InChI is InChI=1S/C34H63NO5/c1-3-5-7-9-10-11-12-13-14-15-16-17-19-25-29-34(39)40-31(26-22-18-8-6-4-2)27-23-20-21-24-28-32(36)35-30-33(37)38/h12-13,31H,3-11,14-30H2,1-2H3,(H,35,36)(H,37,38)/b13-12-. The minimum absolute atomic E-state index is 0.00595. The van der Waals surface area contributed by atoms with Crippen LogP contribution in [0.3, 0.4) is 0 Å². The third-order valence-corrected chi connectivity index (χ3v) is 7.44. The van der Waals surface area contributed by atoms with Gasteiger partial charge in [-0.25, -0.2) is 0 Å². The average Bonchev–Trinajstić information content (AvgIpc) is 2.93. The number of carboxylic acids is 1. The van der Waals surface area contributed by atoms with E-state index >= 15 is 0 Å². The molecule has 0 aromatic carbocycles. The van der Waals surface area contributed by atoms with Gasteiger partial charge in [-0.05, 0) is 64.2 Å². The van der Waals surface area contributed by atoms with Crippen molar-refractivity contribution in [1.82, 2.24) is 5.32 Å². The van der Waals surface area contributed by atoms with Crippen molar-refractivity contribution >= 4 is 17.8 Å². The normalized spacial score (nSPS) is 12.1. The Hall–Kier alpha value is -1.85. The Bertz CT molecular complexity index is 634. The summed E-state index contributed by atoms with van der Waals surface area (Å²) in [5.41, 5.74) is 0. The van der Waals surface area contributed by atoms with E-state index in [1.807, 2.05) is 0 Å². The van der Waals surface area contributed by atoms with E-state index in [0.29, 0.717) is 12.8 Å². The number of carbonyl (C=O) groups is 3. The van der Waals surface area contributed by atoms with Crippen LogP contribution in [0, 0.1) is 0 Å². The van der Waals surface area contributed by atoms with Gasteiger partial charge in [0.25, 0.3) is 0 Å². The van der Waals surface area contributed by atoms with E-state index in [1.165, 1.54) is 89.9 Å². The maximum atomic E-state index is 12.5. The van der Waals surface area contributed by atoms with Crippen LogP contribution in [0.25, 0.3) is 0 Å². The van der Waals surface area contributed by atoms with Crippen LogP contribution in [0.4, 0.5) is 0 Å². The molecule has 0 heterocycles. The quantitative estimate of drug-likeness (QED) is 0.0514. The summed E-state index contributed by atoms with van der Waals surface area (Å²) in [5.74, 6) is -1.28. The summed E-state index contributed by atoms with van der Waals surface area (Å²) in [5, 5.41) is 11.0. The van der Waals surface area contributed by atoms with Crippen molar-refractivity contribution in [1.29, 1.82) is 0 Å². The highest BCUT2D eigenvalue weighted by atomic mass is 16.5. The lowest BCUT2D eigenvalue weighted by atomic mass is 10.0. The van der Waals surface area contributed by atoms with Gasteiger partial charge in [0.05, 0.1) is 0 Å². The number of esters is 1. The van der Waals surface area contributed by atoms with Crippen LogP contribution in [-0.4, -0.2) is 35.6 Å². The Balaban J connectivity index is 3.99. The van der Waals surface area contributed by atoms with Crippen molar-refractivity contribution in [2.45, 2.75) is 180 Å². The zero-order valence-corrected chi connectivity index (χ0v) is 26.2. The molecule has 234 valence electrons. The number of allylic oxidation sites excluding steroid dienone is 2. The zero-order valence-electron chi connectivity index (χ0n) is 26.2. The first-order chi connectivity index (χ1) is 19.5. The molecule has 0 aromatic heterocycles. The summed E-state index contributed by atoms with van der Waals surface area (Å²) in [6, 6.07) is 0. The first-order valence-corrected chi connectivity index (χ1v) is 16.8. The molecule has 1 unspecified atom stereocenters. The number of carbonyl (C=O) groups excluding carboxylic acids is 2.